The highest BCUT2D eigenvalue weighted by atomic mass is 32.2. The normalized spacial score (nSPS) is 25.1. The van der Waals surface area contributed by atoms with Crippen LogP contribution in [0.5, 0.6) is 0 Å². The molecule has 0 aromatic carbocycles. The van der Waals surface area contributed by atoms with E-state index in [1.807, 2.05) is 0 Å². The Bertz CT molecular complexity index is 265. The van der Waals surface area contributed by atoms with Crippen LogP contribution in [0.15, 0.2) is 0 Å². The topological polar surface area (TPSA) is 87.1 Å². The van der Waals surface area contributed by atoms with Crippen molar-refractivity contribution >= 4 is 10.0 Å². The maximum Gasteiger partial charge on any atom is 0.216 e. The van der Waals surface area contributed by atoms with Crippen LogP contribution in [0.25, 0.3) is 0 Å². The first kappa shape index (κ1) is 11.9. The number of aliphatic hydroxyl groups is 2. The summed E-state index contributed by atoms with van der Waals surface area (Å²) in [6, 6.07) is -0.514. The summed E-state index contributed by atoms with van der Waals surface area (Å²) in [5.74, 6) is -0.302. The van der Waals surface area contributed by atoms with Crippen LogP contribution < -0.4 is 0 Å². The van der Waals surface area contributed by atoms with Crippen LogP contribution in [0.2, 0.25) is 0 Å². The first-order chi connectivity index (χ1) is 6.61. The molecular formula is C7H15NO5S. The van der Waals surface area contributed by atoms with E-state index in [9.17, 15) is 8.42 Å². The Kier molecular flexibility index (Phi) is 4.27. The summed E-state index contributed by atoms with van der Waals surface area (Å²) in [6.45, 7) is 0.123. The Morgan fingerprint density at radius 1 is 1.43 bits per heavy atom. The van der Waals surface area contributed by atoms with E-state index in [0.29, 0.717) is 6.61 Å². The van der Waals surface area contributed by atoms with Gasteiger partial charge in [-0.2, -0.15) is 4.31 Å². The largest absolute Gasteiger partial charge is 0.395 e. The maximum atomic E-state index is 11.6. The molecule has 2 N–H and O–H groups in total. The van der Waals surface area contributed by atoms with E-state index in [4.69, 9.17) is 14.9 Å². The summed E-state index contributed by atoms with van der Waals surface area (Å²) in [5, 5.41) is 17.5. The highest BCUT2D eigenvalue weighted by molar-refractivity contribution is 7.89. The van der Waals surface area contributed by atoms with Gasteiger partial charge in [0, 0.05) is 6.54 Å². The van der Waals surface area contributed by atoms with Crippen molar-refractivity contribution in [3.8, 4) is 0 Å². The van der Waals surface area contributed by atoms with Crippen LogP contribution in [0.1, 0.15) is 0 Å². The molecule has 1 aliphatic heterocycles. The van der Waals surface area contributed by atoms with Crippen LogP contribution in [-0.2, 0) is 14.8 Å². The molecule has 1 rings (SSSR count). The zero-order chi connectivity index (χ0) is 10.6. The molecule has 84 valence electrons. The number of hydrogen-bond donors (Lipinski definition) is 2. The fraction of sp³-hybridized carbons (Fsp3) is 1.00. The predicted octanol–water partition coefficient (Wildman–Crippen LogP) is -2.00. The highest BCUT2D eigenvalue weighted by Gasteiger charge is 2.31. The SMILES string of the molecule is O=S(=O)(CCO)N1CCOCC1CO. The molecule has 1 saturated heterocycles. The van der Waals surface area contributed by atoms with Gasteiger partial charge in [0.1, 0.15) is 0 Å². The number of nitrogens with zero attached hydrogens (tertiary/aromatic N) is 1. The lowest BCUT2D eigenvalue weighted by molar-refractivity contribution is 0.0108. The highest BCUT2D eigenvalue weighted by Crippen LogP contribution is 2.12. The molecule has 1 aliphatic rings. The first-order valence-electron chi connectivity index (χ1n) is 4.41. The Hall–Kier alpha value is -0.210. The molecule has 0 amide bonds. The molecule has 0 aromatic rings. The molecule has 0 radical (unpaired) electrons. The van der Waals surface area contributed by atoms with Gasteiger partial charge in [-0.25, -0.2) is 8.42 Å². The van der Waals surface area contributed by atoms with Crippen LogP contribution in [0.3, 0.4) is 0 Å². The second-order valence-electron chi connectivity index (χ2n) is 3.06. The van der Waals surface area contributed by atoms with E-state index in [-0.39, 0.29) is 25.5 Å². The Labute approximate surface area is 83.1 Å². The molecule has 1 heterocycles. The third-order valence-electron chi connectivity index (χ3n) is 2.09. The van der Waals surface area contributed by atoms with Gasteiger partial charge in [-0.05, 0) is 0 Å². The third kappa shape index (κ3) is 2.64. The molecule has 0 bridgehead atoms. The Morgan fingerprint density at radius 3 is 2.71 bits per heavy atom. The minimum Gasteiger partial charge on any atom is -0.395 e. The molecule has 14 heavy (non-hydrogen) atoms. The Balaban J connectivity index is 2.72. The van der Waals surface area contributed by atoms with Crippen molar-refractivity contribution in [3.63, 3.8) is 0 Å². The van der Waals surface area contributed by atoms with Crippen molar-refractivity contribution in [2.75, 3.05) is 38.7 Å². The van der Waals surface area contributed by atoms with Gasteiger partial charge in [-0.15, -0.1) is 0 Å². The van der Waals surface area contributed by atoms with E-state index in [0.717, 1.165) is 0 Å². The summed E-state index contributed by atoms with van der Waals surface area (Å²) < 4.78 is 29.4. The van der Waals surface area contributed by atoms with Crippen molar-refractivity contribution in [1.82, 2.24) is 4.31 Å². The van der Waals surface area contributed by atoms with Gasteiger partial charge in [-0.1, -0.05) is 0 Å². The zero-order valence-electron chi connectivity index (χ0n) is 7.79. The van der Waals surface area contributed by atoms with Gasteiger partial charge in [0.15, 0.2) is 0 Å². The lowest BCUT2D eigenvalue weighted by Crippen LogP contribution is -2.51. The third-order valence-corrected chi connectivity index (χ3v) is 3.98. The fourth-order valence-electron chi connectivity index (χ4n) is 1.38. The summed E-state index contributed by atoms with van der Waals surface area (Å²) in [6.07, 6.45) is 0. The molecule has 0 aliphatic carbocycles. The standard InChI is InChI=1S/C7H15NO5S/c9-2-4-14(11,12)8-1-3-13-6-7(8)5-10/h7,9-10H,1-6H2. The zero-order valence-corrected chi connectivity index (χ0v) is 8.61. The van der Waals surface area contributed by atoms with Crippen molar-refractivity contribution in [1.29, 1.82) is 0 Å². The fourth-order valence-corrected chi connectivity index (χ4v) is 2.78. The van der Waals surface area contributed by atoms with Crippen molar-refractivity contribution in [3.05, 3.63) is 0 Å². The molecular weight excluding hydrogens is 210 g/mol. The van der Waals surface area contributed by atoms with Gasteiger partial charge >= 0.3 is 0 Å². The van der Waals surface area contributed by atoms with Crippen LogP contribution in [0.4, 0.5) is 0 Å². The lowest BCUT2D eigenvalue weighted by Gasteiger charge is -2.33. The number of ether oxygens (including phenoxy) is 1. The number of aliphatic hydroxyl groups excluding tert-OH is 2. The average Bonchev–Trinajstić information content (AvgIpc) is 2.18. The summed E-state index contributed by atoms with van der Waals surface area (Å²) >= 11 is 0. The van der Waals surface area contributed by atoms with E-state index in [1.165, 1.54) is 4.31 Å². The maximum absolute atomic E-state index is 11.6. The van der Waals surface area contributed by atoms with E-state index in [1.54, 1.807) is 0 Å². The minimum atomic E-state index is -3.45. The molecule has 1 fully saturated rings. The summed E-state index contributed by atoms with van der Waals surface area (Å²) in [5.41, 5.74) is 0. The van der Waals surface area contributed by atoms with Crippen molar-refractivity contribution < 1.29 is 23.4 Å². The number of morpholine rings is 1. The van der Waals surface area contributed by atoms with Gasteiger partial charge in [0.25, 0.3) is 0 Å². The lowest BCUT2D eigenvalue weighted by atomic mass is 10.3. The van der Waals surface area contributed by atoms with E-state index in [2.05, 4.69) is 0 Å². The average molecular weight is 225 g/mol. The first-order valence-corrected chi connectivity index (χ1v) is 6.01. The van der Waals surface area contributed by atoms with Gasteiger partial charge < -0.3 is 14.9 Å². The molecule has 0 aromatic heterocycles. The number of rotatable bonds is 4. The second kappa shape index (κ2) is 5.04. The smallest absolute Gasteiger partial charge is 0.216 e. The van der Waals surface area contributed by atoms with E-state index >= 15 is 0 Å². The molecule has 1 atom stereocenters. The quantitative estimate of drug-likeness (QED) is 0.578. The second-order valence-corrected chi connectivity index (χ2v) is 5.10. The molecule has 6 nitrogen and oxygen atoms in total. The molecule has 0 saturated carbocycles. The van der Waals surface area contributed by atoms with Gasteiger partial charge in [0.05, 0.1) is 38.2 Å². The Morgan fingerprint density at radius 2 is 2.14 bits per heavy atom. The van der Waals surface area contributed by atoms with Crippen LogP contribution in [-0.4, -0.2) is 67.7 Å². The summed E-state index contributed by atoms with van der Waals surface area (Å²) in [7, 11) is -3.45. The van der Waals surface area contributed by atoms with E-state index < -0.39 is 22.7 Å². The monoisotopic (exact) mass is 225 g/mol. The predicted molar refractivity (Wildman–Crippen MR) is 49.3 cm³/mol. The minimum absolute atomic E-state index is 0.209. The van der Waals surface area contributed by atoms with Gasteiger partial charge in [0.2, 0.25) is 10.0 Å². The number of sulfonamides is 1. The van der Waals surface area contributed by atoms with Crippen molar-refractivity contribution in [2.45, 2.75) is 6.04 Å². The molecule has 7 heteroatoms. The van der Waals surface area contributed by atoms with Crippen molar-refractivity contribution in [2.24, 2.45) is 0 Å². The molecule has 1 unspecified atom stereocenters. The van der Waals surface area contributed by atoms with Crippen LogP contribution in [0, 0.1) is 0 Å². The number of hydrogen-bond acceptors (Lipinski definition) is 5. The van der Waals surface area contributed by atoms with Gasteiger partial charge in [-0.3, -0.25) is 0 Å². The molecule has 0 spiro atoms. The summed E-state index contributed by atoms with van der Waals surface area (Å²) in [4.78, 5) is 0. The van der Waals surface area contributed by atoms with Crippen LogP contribution >= 0.6 is 0 Å².